The zero-order chi connectivity index (χ0) is 15.5. The number of piperidine rings is 1. The number of amides is 1. The van der Waals surface area contributed by atoms with E-state index < -0.39 is 5.60 Å². The van der Waals surface area contributed by atoms with Crippen molar-refractivity contribution in [1.29, 1.82) is 0 Å². The van der Waals surface area contributed by atoms with Crippen LogP contribution in [0.25, 0.3) is 0 Å². The van der Waals surface area contributed by atoms with Crippen LogP contribution in [0.1, 0.15) is 46.5 Å². The number of ether oxygens (including phenoxy) is 1. The van der Waals surface area contributed by atoms with Crippen LogP contribution >= 0.6 is 0 Å². The van der Waals surface area contributed by atoms with Crippen molar-refractivity contribution in [2.75, 3.05) is 32.8 Å². The van der Waals surface area contributed by atoms with Crippen molar-refractivity contribution >= 4 is 6.09 Å². The molecule has 2 fully saturated rings. The zero-order valence-electron chi connectivity index (χ0n) is 13.7. The molecule has 2 rings (SSSR count). The average Bonchev–Trinajstić information content (AvgIpc) is 2.86. The molecule has 2 atom stereocenters. The summed E-state index contributed by atoms with van der Waals surface area (Å²) in [5, 5.41) is 9.06. The van der Waals surface area contributed by atoms with Gasteiger partial charge in [0.1, 0.15) is 5.60 Å². The van der Waals surface area contributed by atoms with Gasteiger partial charge in [0.05, 0.1) is 0 Å². The molecular formula is C16H30N2O3. The van der Waals surface area contributed by atoms with E-state index >= 15 is 0 Å². The number of hydrogen-bond donors (Lipinski definition) is 1. The van der Waals surface area contributed by atoms with Crippen LogP contribution in [-0.2, 0) is 4.74 Å². The summed E-state index contributed by atoms with van der Waals surface area (Å²) in [5.41, 5.74) is -0.427. The summed E-state index contributed by atoms with van der Waals surface area (Å²) in [6.45, 7) is 9.75. The maximum atomic E-state index is 12.2. The molecule has 0 aromatic heterocycles. The van der Waals surface area contributed by atoms with Crippen LogP contribution in [0.2, 0.25) is 0 Å². The highest BCUT2D eigenvalue weighted by Crippen LogP contribution is 2.26. The highest BCUT2D eigenvalue weighted by atomic mass is 16.6. The van der Waals surface area contributed by atoms with E-state index in [1.165, 1.54) is 6.42 Å². The van der Waals surface area contributed by atoms with Gasteiger partial charge in [0.15, 0.2) is 0 Å². The van der Waals surface area contributed by atoms with Gasteiger partial charge in [-0.3, -0.25) is 4.90 Å². The normalized spacial score (nSPS) is 27.9. The number of carbonyl (C=O) groups is 1. The molecule has 1 N–H and O–H groups in total. The third kappa shape index (κ3) is 4.85. The fraction of sp³-hybridized carbons (Fsp3) is 0.938. The first-order chi connectivity index (χ1) is 9.89. The average molecular weight is 298 g/mol. The Balaban J connectivity index is 1.85. The van der Waals surface area contributed by atoms with E-state index in [-0.39, 0.29) is 12.7 Å². The van der Waals surface area contributed by atoms with Gasteiger partial charge in [0.2, 0.25) is 0 Å². The molecule has 5 heteroatoms. The minimum Gasteiger partial charge on any atom is -0.444 e. The molecule has 21 heavy (non-hydrogen) atoms. The molecule has 0 aromatic carbocycles. The minimum atomic E-state index is -0.427. The fourth-order valence-corrected chi connectivity index (χ4v) is 3.36. The third-order valence-corrected chi connectivity index (χ3v) is 4.42. The summed E-state index contributed by atoms with van der Waals surface area (Å²) in [6.07, 6.45) is 4.09. The van der Waals surface area contributed by atoms with Crippen LogP contribution in [0.4, 0.5) is 4.79 Å². The topological polar surface area (TPSA) is 53.0 Å². The van der Waals surface area contributed by atoms with E-state index in [1.54, 1.807) is 0 Å². The fourth-order valence-electron chi connectivity index (χ4n) is 3.36. The van der Waals surface area contributed by atoms with Gasteiger partial charge in [-0.05, 0) is 58.9 Å². The molecule has 0 bridgehead atoms. The van der Waals surface area contributed by atoms with Crippen molar-refractivity contribution < 1.29 is 14.6 Å². The molecule has 0 radical (unpaired) electrons. The molecule has 5 nitrogen and oxygen atoms in total. The minimum absolute atomic E-state index is 0.182. The molecule has 0 saturated carbocycles. The Morgan fingerprint density at radius 2 is 2.00 bits per heavy atom. The molecule has 2 aliphatic heterocycles. The predicted octanol–water partition coefficient (Wildman–Crippen LogP) is 2.09. The zero-order valence-corrected chi connectivity index (χ0v) is 13.7. The van der Waals surface area contributed by atoms with E-state index in [4.69, 9.17) is 9.84 Å². The van der Waals surface area contributed by atoms with Crippen molar-refractivity contribution in [2.24, 2.45) is 5.92 Å². The van der Waals surface area contributed by atoms with Crippen molar-refractivity contribution in [2.45, 2.75) is 58.1 Å². The van der Waals surface area contributed by atoms with E-state index in [0.717, 1.165) is 45.4 Å². The quantitative estimate of drug-likeness (QED) is 0.867. The van der Waals surface area contributed by atoms with Gasteiger partial charge in [-0.25, -0.2) is 4.79 Å². The second-order valence-electron chi connectivity index (χ2n) is 7.38. The largest absolute Gasteiger partial charge is 0.444 e. The van der Waals surface area contributed by atoms with Gasteiger partial charge in [0.25, 0.3) is 0 Å². The Kier molecular flexibility index (Phi) is 5.49. The predicted molar refractivity (Wildman–Crippen MR) is 82.2 cm³/mol. The molecule has 2 heterocycles. The third-order valence-electron chi connectivity index (χ3n) is 4.42. The van der Waals surface area contributed by atoms with Gasteiger partial charge in [-0.2, -0.15) is 0 Å². The number of rotatable bonds is 3. The Bertz CT molecular complexity index is 354. The lowest BCUT2D eigenvalue weighted by atomic mass is 10.0. The molecule has 2 saturated heterocycles. The van der Waals surface area contributed by atoms with Crippen molar-refractivity contribution in [3.63, 3.8) is 0 Å². The van der Waals surface area contributed by atoms with Gasteiger partial charge in [0, 0.05) is 32.3 Å². The molecule has 0 spiro atoms. The van der Waals surface area contributed by atoms with E-state index in [1.807, 2.05) is 25.7 Å². The highest BCUT2D eigenvalue weighted by Gasteiger charge is 2.33. The van der Waals surface area contributed by atoms with Gasteiger partial charge in [-0.1, -0.05) is 0 Å². The first-order valence-corrected chi connectivity index (χ1v) is 8.22. The lowest BCUT2D eigenvalue weighted by molar-refractivity contribution is 0.0121. The number of aliphatic hydroxyl groups excluding tert-OH is 1. The number of likely N-dealkylation sites (tertiary alicyclic amines) is 2. The van der Waals surface area contributed by atoms with Crippen LogP contribution in [0.5, 0.6) is 0 Å². The van der Waals surface area contributed by atoms with Crippen molar-refractivity contribution in [3.8, 4) is 0 Å². The molecule has 122 valence electrons. The summed E-state index contributed by atoms with van der Waals surface area (Å²) < 4.78 is 5.48. The monoisotopic (exact) mass is 298 g/mol. The van der Waals surface area contributed by atoms with Crippen LogP contribution < -0.4 is 0 Å². The van der Waals surface area contributed by atoms with Gasteiger partial charge < -0.3 is 14.7 Å². The Morgan fingerprint density at radius 1 is 1.24 bits per heavy atom. The van der Waals surface area contributed by atoms with E-state index in [2.05, 4.69) is 4.90 Å². The van der Waals surface area contributed by atoms with Crippen LogP contribution in [-0.4, -0.2) is 65.4 Å². The smallest absolute Gasteiger partial charge is 0.410 e. The Hall–Kier alpha value is -0.810. The first-order valence-electron chi connectivity index (χ1n) is 8.22. The van der Waals surface area contributed by atoms with Crippen molar-refractivity contribution in [3.05, 3.63) is 0 Å². The van der Waals surface area contributed by atoms with E-state index in [9.17, 15) is 4.79 Å². The SMILES string of the molecule is CC(C)(C)OC(=O)N1CCCC(N2CCC(CCO)C2)C1. The summed E-state index contributed by atoms with van der Waals surface area (Å²) in [4.78, 5) is 16.5. The standard InChI is InChI=1S/C16H30N2O3/c1-16(2,3)21-15(20)18-8-4-5-14(12-18)17-9-6-13(11-17)7-10-19/h13-14,19H,4-12H2,1-3H3. The number of hydrogen-bond acceptors (Lipinski definition) is 4. The summed E-state index contributed by atoms with van der Waals surface area (Å²) in [6, 6.07) is 0.454. The Labute approximate surface area is 128 Å². The molecule has 0 aromatic rings. The first kappa shape index (κ1) is 16.6. The van der Waals surface area contributed by atoms with Crippen LogP contribution in [0, 0.1) is 5.92 Å². The van der Waals surface area contributed by atoms with Gasteiger partial charge >= 0.3 is 6.09 Å². The number of nitrogens with zero attached hydrogens (tertiary/aromatic N) is 2. The second-order valence-corrected chi connectivity index (χ2v) is 7.38. The van der Waals surface area contributed by atoms with Crippen LogP contribution in [0.3, 0.4) is 0 Å². The number of aliphatic hydroxyl groups is 1. The summed E-state index contributed by atoms with van der Waals surface area (Å²) in [5.74, 6) is 0.618. The van der Waals surface area contributed by atoms with Crippen LogP contribution in [0.15, 0.2) is 0 Å². The summed E-state index contributed by atoms with van der Waals surface area (Å²) >= 11 is 0. The van der Waals surface area contributed by atoms with E-state index in [0.29, 0.717) is 12.0 Å². The molecule has 1 amide bonds. The molecule has 0 aliphatic carbocycles. The number of carbonyl (C=O) groups excluding carboxylic acids is 1. The maximum Gasteiger partial charge on any atom is 0.410 e. The lowest BCUT2D eigenvalue weighted by Crippen LogP contribution is -2.50. The highest BCUT2D eigenvalue weighted by molar-refractivity contribution is 5.68. The molecule has 2 unspecified atom stereocenters. The van der Waals surface area contributed by atoms with Gasteiger partial charge in [-0.15, -0.1) is 0 Å². The second kappa shape index (κ2) is 6.97. The lowest BCUT2D eigenvalue weighted by Gasteiger charge is -2.38. The molecule has 2 aliphatic rings. The summed E-state index contributed by atoms with van der Waals surface area (Å²) in [7, 11) is 0. The Morgan fingerprint density at radius 3 is 2.67 bits per heavy atom. The maximum absolute atomic E-state index is 12.2. The van der Waals surface area contributed by atoms with Crippen molar-refractivity contribution in [1.82, 2.24) is 9.80 Å². The molecular weight excluding hydrogens is 268 g/mol.